The van der Waals surface area contributed by atoms with Crippen LogP contribution in [0.5, 0.6) is 0 Å². The van der Waals surface area contributed by atoms with Crippen molar-refractivity contribution >= 4 is 5.91 Å². The van der Waals surface area contributed by atoms with Gasteiger partial charge in [-0.25, -0.2) is 0 Å². The molecule has 0 aliphatic carbocycles. The van der Waals surface area contributed by atoms with Crippen molar-refractivity contribution in [2.75, 3.05) is 6.54 Å². The standard InChI is InChI=1S/C12H22N2O/c1-2-3-4-5-6-7-9-12(15)14-11-8-10-13/h2-9,11H2,1H3,(H,14,15). The van der Waals surface area contributed by atoms with E-state index in [1.807, 2.05) is 6.07 Å². The molecule has 3 nitrogen and oxygen atoms in total. The molecule has 86 valence electrons. The van der Waals surface area contributed by atoms with Crippen molar-refractivity contribution in [3.8, 4) is 6.07 Å². The van der Waals surface area contributed by atoms with Crippen LogP contribution in [-0.4, -0.2) is 12.5 Å². The summed E-state index contributed by atoms with van der Waals surface area (Å²) in [7, 11) is 0. The van der Waals surface area contributed by atoms with E-state index in [4.69, 9.17) is 5.26 Å². The molecule has 3 heteroatoms. The minimum atomic E-state index is 0.0840. The fraction of sp³-hybridized carbons (Fsp3) is 0.833. The van der Waals surface area contributed by atoms with Gasteiger partial charge >= 0.3 is 0 Å². The Morgan fingerprint density at radius 2 is 1.87 bits per heavy atom. The van der Waals surface area contributed by atoms with Crippen LogP contribution in [0.15, 0.2) is 0 Å². The predicted molar refractivity (Wildman–Crippen MR) is 61.2 cm³/mol. The Kier molecular flexibility index (Phi) is 10.3. The molecule has 0 aromatic heterocycles. The van der Waals surface area contributed by atoms with Gasteiger partial charge in [0.25, 0.3) is 0 Å². The number of carbonyl (C=O) groups excluding carboxylic acids is 1. The highest BCUT2D eigenvalue weighted by Crippen LogP contribution is 2.06. The van der Waals surface area contributed by atoms with Gasteiger partial charge in [0.1, 0.15) is 0 Å². The van der Waals surface area contributed by atoms with Crippen LogP contribution in [0, 0.1) is 11.3 Å². The van der Waals surface area contributed by atoms with Crippen molar-refractivity contribution in [2.24, 2.45) is 0 Å². The second-order valence-electron chi connectivity index (χ2n) is 3.78. The average Bonchev–Trinajstić information content (AvgIpc) is 2.23. The maximum atomic E-state index is 11.2. The maximum absolute atomic E-state index is 11.2. The molecule has 0 aromatic rings. The first-order chi connectivity index (χ1) is 7.31. The van der Waals surface area contributed by atoms with Gasteiger partial charge in [-0.2, -0.15) is 5.26 Å². The van der Waals surface area contributed by atoms with E-state index in [1.54, 1.807) is 0 Å². The molecule has 0 unspecified atom stereocenters. The largest absolute Gasteiger partial charge is 0.355 e. The average molecular weight is 210 g/mol. The third-order valence-corrected chi connectivity index (χ3v) is 2.32. The zero-order chi connectivity index (χ0) is 11.4. The lowest BCUT2D eigenvalue weighted by Crippen LogP contribution is -2.23. The van der Waals surface area contributed by atoms with Gasteiger partial charge in [0.2, 0.25) is 5.91 Å². The summed E-state index contributed by atoms with van der Waals surface area (Å²) in [6.07, 6.45) is 8.21. The summed E-state index contributed by atoms with van der Waals surface area (Å²) in [5.74, 6) is 0.0840. The van der Waals surface area contributed by atoms with Crippen LogP contribution in [0.4, 0.5) is 0 Å². The number of nitriles is 1. The van der Waals surface area contributed by atoms with Crippen LogP contribution in [0.3, 0.4) is 0 Å². The number of amides is 1. The molecule has 15 heavy (non-hydrogen) atoms. The molecule has 1 N–H and O–H groups in total. The maximum Gasteiger partial charge on any atom is 0.220 e. The summed E-state index contributed by atoms with van der Waals surface area (Å²) in [4.78, 5) is 11.2. The van der Waals surface area contributed by atoms with Crippen molar-refractivity contribution in [2.45, 2.75) is 58.3 Å². The predicted octanol–water partition coefficient (Wildman–Crippen LogP) is 2.77. The first-order valence-corrected chi connectivity index (χ1v) is 5.95. The highest BCUT2D eigenvalue weighted by atomic mass is 16.1. The van der Waals surface area contributed by atoms with E-state index >= 15 is 0 Å². The molecule has 0 radical (unpaired) electrons. The first-order valence-electron chi connectivity index (χ1n) is 5.95. The molecular weight excluding hydrogens is 188 g/mol. The molecular formula is C12H22N2O. The lowest BCUT2D eigenvalue weighted by Gasteiger charge is -2.02. The Bertz CT molecular complexity index is 196. The Hall–Kier alpha value is -1.04. The van der Waals surface area contributed by atoms with E-state index in [2.05, 4.69) is 12.2 Å². The van der Waals surface area contributed by atoms with Crippen LogP contribution < -0.4 is 5.32 Å². The van der Waals surface area contributed by atoms with Crippen molar-refractivity contribution in [3.63, 3.8) is 0 Å². The Labute approximate surface area is 92.9 Å². The second-order valence-corrected chi connectivity index (χ2v) is 3.78. The van der Waals surface area contributed by atoms with E-state index < -0.39 is 0 Å². The van der Waals surface area contributed by atoms with Crippen molar-refractivity contribution in [3.05, 3.63) is 0 Å². The molecule has 0 atom stereocenters. The van der Waals surface area contributed by atoms with E-state index in [1.165, 1.54) is 25.7 Å². The first kappa shape index (κ1) is 14.0. The highest BCUT2D eigenvalue weighted by molar-refractivity contribution is 5.75. The fourth-order valence-corrected chi connectivity index (χ4v) is 1.41. The number of carbonyl (C=O) groups is 1. The van der Waals surface area contributed by atoms with Gasteiger partial charge in [-0.1, -0.05) is 39.0 Å². The number of unbranched alkanes of at least 4 members (excludes halogenated alkanes) is 5. The number of rotatable bonds is 9. The molecule has 0 saturated carbocycles. The zero-order valence-electron chi connectivity index (χ0n) is 9.72. The molecule has 0 rings (SSSR count). The Balaban J connectivity index is 3.14. The summed E-state index contributed by atoms with van der Waals surface area (Å²) in [6.45, 7) is 2.69. The fourth-order valence-electron chi connectivity index (χ4n) is 1.41. The van der Waals surface area contributed by atoms with E-state index in [9.17, 15) is 4.79 Å². The molecule has 0 fully saturated rings. The van der Waals surface area contributed by atoms with Gasteiger partial charge in [-0.15, -0.1) is 0 Å². The smallest absolute Gasteiger partial charge is 0.220 e. The summed E-state index contributed by atoms with van der Waals surface area (Å²) in [6, 6.07) is 2.00. The van der Waals surface area contributed by atoms with Gasteiger partial charge in [0, 0.05) is 13.0 Å². The van der Waals surface area contributed by atoms with Crippen molar-refractivity contribution in [1.82, 2.24) is 5.32 Å². The molecule has 1 amide bonds. The lowest BCUT2D eigenvalue weighted by atomic mass is 10.1. The number of hydrogen-bond donors (Lipinski definition) is 1. The minimum Gasteiger partial charge on any atom is -0.355 e. The van der Waals surface area contributed by atoms with Gasteiger partial charge in [0.15, 0.2) is 0 Å². The van der Waals surface area contributed by atoms with Gasteiger partial charge < -0.3 is 5.32 Å². The van der Waals surface area contributed by atoms with Crippen LogP contribution >= 0.6 is 0 Å². The SMILES string of the molecule is CCCCCCCCC(=O)NCCC#N. The Morgan fingerprint density at radius 1 is 1.20 bits per heavy atom. The molecule has 0 saturated heterocycles. The minimum absolute atomic E-state index is 0.0840. The normalized spacial score (nSPS) is 9.60. The summed E-state index contributed by atoms with van der Waals surface area (Å²) < 4.78 is 0. The Morgan fingerprint density at radius 3 is 2.53 bits per heavy atom. The summed E-state index contributed by atoms with van der Waals surface area (Å²) in [5, 5.41) is 11.0. The molecule has 0 heterocycles. The second kappa shape index (κ2) is 11.0. The summed E-state index contributed by atoms with van der Waals surface area (Å²) >= 11 is 0. The van der Waals surface area contributed by atoms with E-state index in [-0.39, 0.29) is 5.91 Å². The van der Waals surface area contributed by atoms with E-state index in [0.717, 1.165) is 12.8 Å². The molecule has 0 spiro atoms. The van der Waals surface area contributed by atoms with Gasteiger partial charge in [0.05, 0.1) is 12.5 Å². The van der Waals surface area contributed by atoms with Gasteiger partial charge in [-0.05, 0) is 6.42 Å². The molecule has 0 aliphatic rings. The van der Waals surface area contributed by atoms with Crippen molar-refractivity contribution < 1.29 is 4.79 Å². The highest BCUT2D eigenvalue weighted by Gasteiger charge is 1.99. The van der Waals surface area contributed by atoms with Crippen LogP contribution in [-0.2, 0) is 4.79 Å². The van der Waals surface area contributed by atoms with Crippen LogP contribution in [0.2, 0.25) is 0 Å². The van der Waals surface area contributed by atoms with Gasteiger partial charge in [-0.3, -0.25) is 4.79 Å². The topological polar surface area (TPSA) is 52.9 Å². The molecule has 0 aliphatic heterocycles. The zero-order valence-corrected chi connectivity index (χ0v) is 9.72. The third-order valence-electron chi connectivity index (χ3n) is 2.32. The third kappa shape index (κ3) is 10.9. The lowest BCUT2D eigenvalue weighted by molar-refractivity contribution is -0.121. The van der Waals surface area contributed by atoms with E-state index in [0.29, 0.717) is 19.4 Å². The van der Waals surface area contributed by atoms with Crippen LogP contribution in [0.1, 0.15) is 58.3 Å². The number of nitrogens with one attached hydrogen (secondary N) is 1. The molecule has 0 bridgehead atoms. The molecule has 0 aromatic carbocycles. The number of hydrogen-bond acceptors (Lipinski definition) is 2. The van der Waals surface area contributed by atoms with Crippen molar-refractivity contribution in [1.29, 1.82) is 5.26 Å². The number of nitrogens with zero attached hydrogens (tertiary/aromatic N) is 1. The van der Waals surface area contributed by atoms with Crippen LogP contribution in [0.25, 0.3) is 0 Å². The summed E-state index contributed by atoms with van der Waals surface area (Å²) in [5.41, 5.74) is 0. The quantitative estimate of drug-likeness (QED) is 0.595. The monoisotopic (exact) mass is 210 g/mol.